The largest absolute Gasteiger partial charge is 0.435 e. The number of rotatable bonds is 4. The maximum Gasteiger partial charge on any atom is 0.435 e. The minimum absolute atomic E-state index is 0.147. The normalized spacial score (nSPS) is 13.1. The molecule has 0 spiro atoms. The van der Waals surface area contributed by atoms with Crippen LogP contribution < -0.4 is 5.73 Å². The van der Waals surface area contributed by atoms with E-state index < -0.39 is 29.3 Å². The zero-order valence-corrected chi connectivity index (χ0v) is 10.1. The van der Waals surface area contributed by atoms with Crippen molar-refractivity contribution in [2.75, 3.05) is 6.54 Å². The van der Waals surface area contributed by atoms with Gasteiger partial charge in [0.2, 0.25) is 0 Å². The Hall–Kier alpha value is -1.25. The predicted octanol–water partition coefficient (Wildman–Crippen LogP) is 2.74. The van der Waals surface area contributed by atoms with Crippen molar-refractivity contribution in [3.05, 3.63) is 17.0 Å². The molecule has 110 valence electrons. The second-order valence-corrected chi connectivity index (χ2v) is 4.04. The van der Waals surface area contributed by atoms with E-state index >= 15 is 0 Å². The number of alkyl halides is 6. The lowest BCUT2D eigenvalue weighted by Gasteiger charge is -2.11. The molecule has 1 heterocycles. The van der Waals surface area contributed by atoms with Crippen molar-refractivity contribution in [3.8, 4) is 0 Å². The van der Waals surface area contributed by atoms with Gasteiger partial charge in [-0.05, 0) is 25.8 Å². The van der Waals surface area contributed by atoms with E-state index in [2.05, 4.69) is 5.10 Å². The van der Waals surface area contributed by atoms with Crippen LogP contribution in [0.3, 0.4) is 0 Å². The van der Waals surface area contributed by atoms with Crippen molar-refractivity contribution in [2.24, 2.45) is 12.8 Å². The number of hydrogen-bond donors (Lipinski definition) is 1. The first kappa shape index (κ1) is 15.8. The lowest BCUT2D eigenvalue weighted by Crippen LogP contribution is -2.15. The van der Waals surface area contributed by atoms with Gasteiger partial charge < -0.3 is 5.73 Å². The summed E-state index contributed by atoms with van der Waals surface area (Å²) in [7, 11) is 0.852. The summed E-state index contributed by atoms with van der Waals surface area (Å²) in [5.74, 6) is 0. The molecule has 0 unspecified atom stereocenters. The summed E-state index contributed by atoms with van der Waals surface area (Å²) in [5.41, 5.74) is 1.55. The third kappa shape index (κ3) is 3.62. The first-order valence-electron chi connectivity index (χ1n) is 5.49. The molecule has 0 amide bonds. The molecule has 0 aromatic carbocycles. The van der Waals surface area contributed by atoms with Gasteiger partial charge in [0, 0.05) is 12.6 Å². The summed E-state index contributed by atoms with van der Waals surface area (Å²) < 4.78 is 76.6. The lowest BCUT2D eigenvalue weighted by molar-refractivity contribution is -0.145. The number of aryl methyl sites for hydroxylation is 1. The fraction of sp³-hybridized carbons (Fsp3) is 0.700. The van der Waals surface area contributed by atoms with Gasteiger partial charge in [-0.3, -0.25) is 4.68 Å². The zero-order chi connectivity index (χ0) is 14.8. The molecule has 0 saturated carbocycles. The van der Waals surface area contributed by atoms with Crippen molar-refractivity contribution in [1.29, 1.82) is 0 Å². The Kier molecular flexibility index (Phi) is 4.49. The number of halogens is 6. The first-order valence-corrected chi connectivity index (χ1v) is 5.49. The van der Waals surface area contributed by atoms with Crippen LogP contribution in [0.4, 0.5) is 26.3 Å². The molecular formula is C10H13F6N3. The van der Waals surface area contributed by atoms with Gasteiger partial charge in [0.05, 0.1) is 0 Å². The fourth-order valence-corrected chi connectivity index (χ4v) is 1.83. The zero-order valence-electron chi connectivity index (χ0n) is 10.1. The summed E-state index contributed by atoms with van der Waals surface area (Å²) in [6.07, 6.45) is -9.63. The SMILES string of the molecule is Cn1nc(C(F)(F)F)c(CCCCN)c1C(F)(F)F. The Morgan fingerprint density at radius 2 is 1.63 bits per heavy atom. The van der Waals surface area contributed by atoms with Gasteiger partial charge in [-0.25, -0.2) is 0 Å². The summed E-state index contributed by atoms with van der Waals surface area (Å²) in [5, 5.41) is 2.97. The highest BCUT2D eigenvalue weighted by Crippen LogP contribution is 2.39. The summed E-state index contributed by atoms with van der Waals surface area (Å²) in [6.45, 7) is 0.211. The first-order chi connectivity index (χ1) is 8.59. The van der Waals surface area contributed by atoms with Crippen molar-refractivity contribution in [3.63, 3.8) is 0 Å². The fourth-order valence-electron chi connectivity index (χ4n) is 1.83. The van der Waals surface area contributed by atoms with E-state index in [4.69, 9.17) is 5.73 Å². The third-order valence-electron chi connectivity index (χ3n) is 2.56. The maximum atomic E-state index is 12.8. The van der Waals surface area contributed by atoms with Crippen LogP contribution in [-0.4, -0.2) is 16.3 Å². The van der Waals surface area contributed by atoms with Crippen molar-refractivity contribution >= 4 is 0 Å². The van der Waals surface area contributed by atoms with Gasteiger partial charge >= 0.3 is 12.4 Å². The van der Waals surface area contributed by atoms with E-state index in [9.17, 15) is 26.3 Å². The van der Waals surface area contributed by atoms with Gasteiger partial charge in [-0.1, -0.05) is 0 Å². The number of nitrogens with two attached hydrogens (primary N) is 1. The summed E-state index contributed by atoms with van der Waals surface area (Å²) in [4.78, 5) is 0. The Balaban J connectivity index is 3.27. The lowest BCUT2D eigenvalue weighted by atomic mass is 10.0. The number of unbranched alkanes of at least 4 members (excludes halogenated alkanes) is 1. The van der Waals surface area contributed by atoms with E-state index in [-0.39, 0.29) is 24.1 Å². The molecule has 19 heavy (non-hydrogen) atoms. The Bertz CT molecular complexity index is 432. The van der Waals surface area contributed by atoms with Gasteiger partial charge in [-0.2, -0.15) is 31.4 Å². The Morgan fingerprint density at radius 1 is 1.05 bits per heavy atom. The minimum Gasteiger partial charge on any atom is -0.330 e. The van der Waals surface area contributed by atoms with Crippen molar-refractivity contribution in [2.45, 2.75) is 31.6 Å². The highest BCUT2D eigenvalue weighted by molar-refractivity contribution is 5.30. The number of nitrogens with zero attached hydrogens (tertiary/aromatic N) is 2. The highest BCUT2D eigenvalue weighted by Gasteiger charge is 2.45. The molecule has 3 nitrogen and oxygen atoms in total. The van der Waals surface area contributed by atoms with Crippen LogP contribution in [0.25, 0.3) is 0 Å². The van der Waals surface area contributed by atoms with Gasteiger partial charge in [0.25, 0.3) is 0 Å². The van der Waals surface area contributed by atoms with E-state index in [0.717, 1.165) is 7.05 Å². The number of hydrogen-bond acceptors (Lipinski definition) is 2. The van der Waals surface area contributed by atoms with E-state index in [1.807, 2.05) is 0 Å². The van der Waals surface area contributed by atoms with Crippen LogP contribution in [0.2, 0.25) is 0 Å². The van der Waals surface area contributed by atoms with Gasteiger partial charge in [0.1, 0.15) is 5.69 Å². The monoisotopic (exact) mass is 289 g/mol. The number of aromatic nitrogens is 2. The molecule has 0 radical (unpaired) electrons. The molecule has 2 N–H and O–H groups in total. The van der Waals surface area contributed by atoms with Gasteiger partial charge in [-0.15, -0.1) is 0 Å². The molecule has 0 aliphatic carbocycles. The quantitative estimate of drug-likeness (QED) is 0.684. The van der Waals surface area contributed by atoms with Crippen molar-refractivity contribution in [1.82, 2.24) is 9.78 Å². The van der Waals surface area contributed by atoms with Crippen LogP contribution in [0, 0.1) is 0 Å². The van der Waals surface area contributed by atoms with E-state index in [1.54, 1.807) is 0 Å². The highest BCUT2D eigenvalue weighted by atomic mass is 19.4. The summed E-state index contributed by atoms with van der Waals surface area (Å²) >= 11 is 0. The van der Waals surface area contributed by atoms with E-state index in [0.29, 0.717) is 6.42 Å². The molecule has 1 aromatic rings. The molecule has 0 fully saturated rings. The van der Waals surface area contributed by atoms with Crippen LogP contribution in [-0.2, 0) is 25.8 Å². The van der Waals surface area contributed by atoms with Crippen LogP contribution >= 0.6 is 0 Å². The second kappa shape index (κ2) is 5.40. The molecule has 0 saturated heterocycles. The average molecular weight is 289 g/mol. The maximum absolute atomic E-state index is 12.8. The molecule has 1 rings (SSSR count). The van der Waals surface area contributed by atoms with Crippen molar-refractivity contribution < 1.29 is 26.3 Å². The molecular weight excluding hydrogens is 276 g/mol. The van der Waals surface area contributed by atoms with E-state index in [1.165, 1.54) is 0 Å². The molecule has 0 aliphatic heterocycles. The van der Waals surface area contributed by atoms with Gasteiger partial charge in [0.15, 0.2) is 5.69 Å². The minimum atomic E-state index is -4.90. The predicted molar refractivity (Wildman–Crippen MR) is 55.2 cm³/mol. The molecule has 1 aromatic heterocycles. The Labute approximate surface area is 105 Å². The third-order valence-corrected chi connectivity index (χ3v) is 2.56. The average Bonchev–Trinajstić information content (AvgIpc) is 2.54. The van der Waals surface area contributed by atoms with Crippen LogP contribution in [0.15, 0.2) is 0 Å². The second-order valence-electron chi connectivity index (χ2n) is 4.04. The Morgan fingerprint density at radius 3 is 2.05 bits per heavy atom. The van der Waals surface area contributed by atoms with Crippen LogP contribution in [0.1, 0.15) is 29.8 Å². The molecule has 0 atom stereocenters. The summed E-state index contributed by atoms with van der Waals surface area (Å²) in [6, 6.07) is 0. The van der Waals surface area contributed by atoms with Crippen LogP contribution in [0.5, 0.6) is 0 Å². The smallest absolute Gasteiger partial charge is 0.330 e. The molecule has 0 aliphatic rings. The standard InChI is InChI=1S/C10H13F6N3/c1-19-8(10(14,15)16)6(4-2-3-5-17)7(18-19)9(11,12)13/h2-5,17H2,1H3. The molecule has 0 bridgehead atoms. The molecule has 9 heteroatoms. The topological polar surface area (TPSA) is 43.8 Å².